The Hall–Kier alpha value is -3.07. The van der Waals surface area contributed by atoms with Gasteiger partial charge in [-0.1, -0.05) is 24.3 Å². The Bertz CT molecular complexity index is 883. The van der Waals surface area contributed by atoms with Gasteiger partial charge in [-0.25, -0.2) is 4.79 Å². The number of carboxylic acids is 1. The molecule has 0 bridgehead atoms. The number of hydrogen-bond donors (Lipinski definition) is 2. The summed E-state index contributed by atoms with van der Waals surface area (Å²) in [7, 11) is 0. The lowest BCUT2D eigenvalue weighted by Crippen LogP contribution is -2.35. The second-order valence-electron chi connectivity index (χ2n) is 6.81. The van der Waals surface area contributed by atoms with E-state index in [9.17, 15) is 22.8 Å². The van der Waals surface area contributed by atoms with E-state index in [-0.39, 0.29) is 19.6 Å². The summed E-state index contributed by atoms with van der Waals surface area (Å²) in [5, 5.41) is 11.7. The number of carboxylic acid groups (broad SMARTS) is 1. The van der Waals surface area contributed by atoms with E-state index < -0.39 is 35.8 Å². The fourth-order valence-electron chi connectivity index (χ4n) is 2.79. The van der Waals surface area contributed by atoms with Gasteiger partial charge in [0.25, 0.3) is 5.91 Å². The van der Waals surface area contributed by atoms with Gasteiger partial charge < -0.3 is 19.9 Å². The molecule has 0 aliphatic carbocycles. The first-order chi connectivity index (χ1) is 14.6. The number of hydrogen-bond acceptors (Lipinski definition) is 4. The number of ether oxygens (including phenoxy) is 2. The Morgan fingerprint density at radius 1 is 1.10 bits per heavy atom. The molecule has 0 saturated heterocycles. The minimum atomic E-state index is -4.45. The molecule has 0 aliphatic rings. The maximum atomic E-state index is 12.8. The van der Waals surface area contributed by atoms with Crippen molar-refractivity contribution in [1.29, 1.82) is 0 Å². The van der Waals surface area contributed by atoms with E-state index in [1.165, 1.54) is 19.1 Å². The number of aliphatic carboxylic acids is 1. The summed E-state index contributed by atoms with van der Waals surface area (Å²) in [6.45, 7) is 3.45. The summed E-state index contributed by atoms with van der Waals surface area (Å²) in [6, 6.07) is 11.3. The van der Waals surface area contributed by atoms with E-state index in [2.05, 4.69) is 5.32 Å². The SMILES string of the molecule is CCO[C@@H](Cc1ccc(O[C@H](C)C(=O)NCc2cccc(C(F)(F)F)c2)cc1)C(=O)O. The smallest absolute Gasteiger partial charge is 0.416 e. The summed E-state index contributed by atoms with van der Waals surface area (Å²) in [4.78, 5) is 23.4. The van der Waals surface area contributed by atoms with Crippen LogP contribution < -0.4 is 10.1 Å². The van der Waals surface area contributed by atoms with Crippen molar-refractivity contribution < 1.29 is 37.3 Å². The number of carbonyl (C=O) groups excluding carboxylic acids is 1. The Kier molecular flexibility index (Phi) is 8.44. The van der Waals surface area contributed by atoms with E-state index in [1.807, 2.05) is 0 Å². The van der Waals surface area contributed by atoms with Crippen LogP contribution in [-0.4, -0.2) is 35.8 Å². The van der Waals surface area contributed by atoms with Crippen molar-refractivity contribution in [2.75, 3.05) is 6.61 Å². The first-order valence-electron chi connectivity index (χ1n) is 9.64. The number of amides is 1. The summed E-state index contributed by atoms with van der Waals surface area (Å²) in [5.41, 5.74) is 0.273. The van der Waals surface area contributed by atoms with Crippen molar-refractivity contribution in [1.82, 2.24) is 5.32 Å². The van der Waals surface area contributed by atoms with Crippen LogP contribution in [0.1, 0.15) is 30.5 Å². The standard InChI is InChI=1S/C22H24F3NO5/c1-3-30-19(21(28)29)12-15-7-9-18(10-8-15)31-14(2)20(27)26-13-16-5-4-6-17(11-16)22(23,24)25/h4-11,14,19H,3,12-13H2,1-2H3,(H,26,27)(H,28,29)/t14-,19+/m1/s1. The summed E-state index contributed by atoms with van der Waals surface area (Å²) in [5.74, 6) is -1.13. The minimum Gasteiger partial charge on any atom is -0.481 e. The van der Waals surface area contributed by atoms with Gasteiger partial charge in [0.05, 0.1) is 5.56 Å². The predicted molar refractivity (Wildman–Crippen MR) is 107 cm³/mol. The zero-order valence-electron chi connectivity index (χ0n) is 17.1. The second kappa shape index (κ2) is 10.8. The summed E-state index contributed by atoms with van der Waals surface area (Å²) < 4.78 is 49.0. The van der Waals surface area contributed by atoms with Gasteiger partial charge in [0.2, 0.25) is 0 Å². The molecule has 0 heterocycles. The zero-order chi connectivity index (χ0) is 23.0. The monoisotopic (exact) mass is 439 g/mol. The molecule has 168 valence electrons. The number of halogens is 3. The first-order valence-corrected chi connectivity index (χ1v) is 9.64. The van der Waals surface area contributed by atoms with Crippen molar-refractivity contribution in [3.05, 3.63) is 65.2 Å². The molecule has 6 nitrogen and oxygen atoms in total. The predicted octanol–water partition coefficient (Wildman–Crippen LogP) is 3.82. The number of carbonyl (C=O) groups is 2. The molecule has 0 aliphatic heterocycles. The van der Waals surface area contributed by atoms with Gasteiger partial charge in [-0.2, -0.15) is 13.2 Å². The van der Waals surface area contributed by atoms with Crippen molar-refractivity contribution >= 4 is 11.9 Å². The molecule has 1 amide bonds. The lowest BCUT2D eigenvalue weighted by atomic mass is 10.1. The van der Waals surface area contributed by atoms with Crippen LogP contribution in [0.2, 0.25) is 0 Å². The van der Waals surface area contributed by atoms with Crippen LogP contribution in [0.15, 0.2) is 48.5 Å². The quantitative estimate of drug-likeness (QED) is 0.588. The largest absolute Gasteiger partial charge is 0.481 e. The molecule has 2 N–H and O–H groups in total. The second-order valence-corrected chi connectivity index (χ2v) is 6.81. The average molecular weight is 439 g/mol. The third kappa shape index (κ3) is 7.60. The van der Waals surface area contributed by atoms with Crippen molar-refractivity contribution in [2.45, 2.75) is 45.2 Å². The van der Waals surface area contributed by atoms with Crippen LogP contribution in [0, 0.1) is 0 Å². The van der Waals surface area contributed by atoms with E-state index in [4.69, 9.17) is 14.6 Å². The summed E-state index contributed by atoms with van der Waals surface area (Å²) in [6.07, 6.45) is -6.09. The van der Waals surface area contributed by atoms with Crippen LogP contribution in [0.5, 0.6) is 5.75 Å². The minimum absolute atomic E-state index is 0.0661. The molecule has 2 aromatic rings. The number of nitrogens with one attached hydrogen (secondary N) is 1. The van der Waals surface area contributed by atoms with Crippen LogP contribution in [0.25, 0.3) is 0 Å². The van der Waals surface area contributed by atoms with E-state index in [1.54, 1.807) is 31.2 Å². The normalized spacial score (nSPS) is 13.3. The topological polar surface area (TPSA) is 84.9 Å². The Morgan fingerprint density at radius 3 is 2.35 bits per heavy atom. The van der Waals surface area contributed by atoms with E-state index in [0.717, 1.165) is 17.7 Å². The number of alkyl halides is 3. The highest BCUT2D eigenvalue weighted by atomic mass is 19.4. The maximum absolute atomic E-state index is 12.8. The third-order valence-electron chi connectivity index (χ3n) is 4.39. The molecular formula is C22H24F3NO5. The molecule has 2 rings (SSSR count). The summed E-state index contributed by atoms with van der Waals surface area (Å²) >= 11 is 0. The molecule has 0 radical (unpaired) electrons. The number of rotatable bonds is 10. The van der Waals surface area contributed by atoms with Crippen LogP contribution in [0.4, 0.5) is 13.2 Å². The fraction of sp³-hybridized carbons (Fsp3) is 0.364. The molecule has 0 aromatic heterocycles. The van der Waals surface area contributed by atoms with Gasteiger partial charge in [-0.15, -0.1) is 0 Å². The average Bonchev–Trinajstić information content (AvgIpc) is 2.72. The zero-order valence-corrected chi connectivity index (χ0v) is 17.1. The van der Waals surface area contributed by atoms with Gasteiger partial charge in [0.15, 0.2) is 12.2 Å². The van der Waals surface area contributed by atoms with Gasteiger partial charge in [-0.3, -0.25) is 4.79 Å². The van der Waals surface area contributed by atoms with Gasteiger partial charge in [-0.05, 0) is 49.2 Å². The third-order valence-corrected chi connectivity index (χ3v) is 4.39. The molecular weight excluding hydrogens is 415 g/mol. The van der Waals surface area contributed by atoms with E-state index >= 15 is 0 Å². The van der Waals surface area contributed by atoms with Crippen molar-refractivity contribution in [3.63, 3.8) is 0 Å². The molecule has 0 saturated carbocycles. The van der Waals surface area contributed by atoms with E-state index in [0.29, 0.717) is 11.3 Å². The van der Waals surface area contributed by atoms with Crippen molar-refractivity contribution in [2.24, 2.45) is 0 Å². The van der Waals surface area contributed by atoms with Gasteiger partial charge in [0.1, 0.15) is 5.75 Å². The maximum Gasteiger partial charge on any atom is 0.416 e. The molecule has 31 heavy (non-hydrogen) atoms. The highest BCUT2D eigenvalue weighted by molar-refractivity contribution is 5.80. The Morgan fingerprint density at radius 2 is 1.77 bits per heavy atom. The Balaban J connectivity index is 1.89. The van der Waals surface area contributed by atoms with Crippen LogP contribution >= 0.6 is 0 Å². The lowest BCUT2D eigenvalue weighted by molar-refractivity contribution is -0.150. The highest BCUT2D eigenvalue weighted by Gasteiger charge is 2.30. The Labute approximate surface area is 178 Å². The van der Waals surface area contributed by atoms with Crippen LogP contribution in [-0.2, 0) is 33.5 Å². The molecule has 0 unspecified atom stereocenters. The van der Waals surface area contributed by atoms with Crippen LogP contribution in [0.3, 0.4) is 0 Å². The highest BCUT2D eigenvalue weighted by Crippen LogP contribution is 2.29. The number of benzene rings is 2. The molecule has 0 spiro atoms. The molecule has 2 aromatic carbocycles. The molecule has 2 atom stereocenters. The lowest BCUT2D eigenvalue weighted by Gasteiger charge is -2.16. The van der Waals surface area contributed by atoms with Gasteiger partial charge >= 0.3 is 12.1 Å². The van der Waals surface area contributed by atoms with Crippen molar-refractivity contribution in [3.8, 4) is 5.75 Å². The first kappa shape index (κ1) is 24.2. The molecule has 0 fully saturated rings. The fourth-order valence-corrected chi connectivity index (χ4v) is 2.79. The molecule has 9 heteroatoms. The van der Waals surface area contributed by atoms with Gasteiger partial charge in [0, 0.05) is 19.6 Å².